The first-order valence-electron chi connectivity index (χ1n) is 8.73. The number of hydrogen-bond acceptors (Lipinski definition) is 4. The van der Waals surface area contributed by atoms with Gasteiger partial charge in [-0.1, -0.05) is 29.3 Å². The monoisotopic (exact) mass is 401 g/mol. The highest BCUT2D eigenvalue weighted by molar-refractivity contribution is 6.31. The second kappa shape index (κ2) is 8.31. The highest BCUT2D eigenvalue weighted by Crippen LogP contribution is 2.18. The van der Waals surface area contributed by atoms with E-state index in [9.17, 15) is 14.4 Å². The van der Waals surface area contributed by atoms with Crippen LogP contribution in [-0.2, 0) is 16.1 Å². The zero-order chi connectivity index (χ0) is 20.3. The number of benzene rings is 2. The standard InChI is InChI=1S/C20H20ClN3O4/c1-13-3-6-15(7-4-13)22-18(25)12-23(2)19(26)9-10-24-16-8-5-14(21)11-17(16)28-20(24)27/h3-8,11H,9-10,12H2,1-2H3,(H,22,25). The maximum absolute atomic E-state index is 12.4. The van der Waals surface area contributed by atoms with Crippen LogP contribution in [0.2, 0.25) is 5.02 Å². The lowest BCUT2D eigenvalue weighted by Gasteiger charge is -2.17. The van der Waals surface area contributed by atoms with Crippen molar-refractivity contribution in [2.24, 2.45) is 0 Å². The van der Waals surface area contributed by atoms with Crippen molar-refractivity contribution in [3.63, 3.8) is 0 Å². The van der Waals surface area contributed by atoms with Crippen LogP contribution in [0.1, 0.15) is 12.0 Å². The quantitative estimate of drug-likeness (QED) is 0.688. The fourth-order valence-corrected chi connectivity index (χ4v) is 2.95. The van der Waals surface area contributed by atoms with E-state index in [1.54, 1.807) is 37.4 Å². The highest BCUT2D eigenvalue weighted by Gasteiger charge is 2.16. The minimum absolute atomic E-state index is 0.0610. The van der Waals surface area contributed by atoms with Crippen LogP contribution >= 0.6 is 11.6 Å². The van der Waals surface area contributed by atoms with Gasteiger partial charge in [-0.25, -0.2) is 4.79 Å². The molecule has 2 amide bonds. The summed E-state index contributed by atoms with van der Waals surface area (Å²) in [6.07, 6.45) is 0.0610. The minimum atomic E-state index is -0.551. The van der Waals surface area contributed by atoms with Crippen molar-refractivity contribution < 1.29 is 14.0 Å². The van der Waals surface area contributed by atoms with E-state index >= 15 is 0 Å². The van der Waals surface area contributed by atoms with E-state index in [1.807, 2.05) is 19.1 Å². The molecular weight excluding hydrogens is 382 g/mol. The van der Waals surface area contributed by atoms with Gasteiger partial charge in [0.25, 0.3) is 0 Å². The molecule has 0 bridgehead atoms. The Kier molecular flexibility index (Phi) is 5.84. The molecule has 146 valence electrons. The summed E-state index contributed by atoms with van der Waals surface area (Å²) >= 11 is 5.89. The van der Waals surface area contributed by atoms with Crippen molar-refractivity contribution in [2.75, 3.05) is 18.9 Å². The molecule has 0 saturated heterocycles. The molecule has 3 rings (SSSR count). The molecule has 8 heteroatoms. The molecule has 0 saturated carbocycles. The predicted molar refractivity (Wildman–Crippen MR) is 108 cm³/mol. The number of aryl methyl sites for hydroxylation is 2. The van der Waals surface area contributed by atoms with E-state index in [0.717, 1.165) is 5.56 Å². The van der Waals surface area contributed by atoms with Crippen LogP contribution in [-0.4, -0.2) is 34.9 Å². The average Bonchev–Trinajstić information content (AvgIpc) is 2.95. The topological polar surface area (TPSA) is 84.5 Å². The van der Waals surface area contributed by atoms with Crippen LogP contribution in [0.25, 0.3) is 11.1 Å². The summed E-state index contributed by atoms with van der Waals surface area (Å²) in [5.74, 6) is -1.10. The SMILES string of the molecule is Cc1ccc(NC(=O)CN(C)C(=O)CCn2c(=O)oc3cc(Cl)ccc32)cc1. The molecule has 0 aliphatic carbocycles. The summed E-state index contributed by atoms with van der Waals surface area (Å²) in [6, 6.07) is 12.3. The molecule has 0 spiro atoms. The van der Waals surface area contributed by atoms with Crippen LogP contribution in [0, 0.1) is 6.92 Å². The molecule has 1 heterocycles. The Balaban J connectivity index is 1.57. The first-order valence-corrected chi connectivity index (χ1v) is 9.10. The molecule has 1 N–H and O–H groups in total. The van der Waals surface area contributed by atoms with Gasteiger partial charge in [-0.3, -0.25) is 14.2 Å². The van der Waals surface area contributed by atoms with Crippen LogP contribution < -0.4 is 11.1 Å². The maximum atomic E-state index is 12.4. The molecule has 2 aromatic carbocycles. The number of rotatable bonds is 6. The maximum Gasteiger partial charge on any atom is 0.419 e. The number of halogens is 1. The first-order chi connectivity index (χ1) is 13.3. The van der Waals surface area contributed by atoms with Gasteiger partial charge >= 0.3 is 5.76 Å². The van der Waals surface area contributed by atoms with Crippen molar-refractivity contribution >= 4 is 40.2 Å². The molecular formula is C20H20ClN3O4. The van der Waals surface area contributed by atoms with E-state index in [4.69, 9.17) is 16.0 Å². The van der Waals surface area contributed by atoms with Gasteiger partial charge in [0.2, 0.25) is 11.8 Å². The Morgan fingerprint density at radius 1 is 1.18 bits per heavy atom. The zero-order valence-corrected chi connectivity index (χ0v) is 16.3. The fraction of sp³-hybridized carbons (Fsp3) is 0.250. The number of amides is 2. The number of carbonyl (C=O) groups excluding carboxylic acids is 2. The van der Waals surface area contributed by atoms with E-state index in [2.05, 4.69) is 5.32 Å². The molecule has 28 heavy (non-hydrogen) atoms. The van der Waals surface area contributed by atoms with Crippen LogP contribution in [0.3, 0.4) is 0 Å². The Morgan fingerprint density at radius 3 is 2.61 bits per heavy atom. The number of carbonyl (C=O) groups is 2. The van der Waals surface area contributed by atoms with Gasteiger partial charge in [0, 0.05) is 36.8 Å². The van der Waals surface area contributed by atoms with Gasteiger partial charge < -0.3 is 14.6 Å². The summed E-state index contributed by atoms with van der Waals surface area (Å²) in [7, 11) is 1.55. The third kappa shape index (κ3) is 4.61. The molecule has 0 unspecified atom stereocenters. The fourth-order valence-electron chi connectivity index (χ4n) is 2.79. The number of nitrogens with one attached hydrogen (secondary N) is 1. The van der Waals surface area contributed by atoms with Crippen molar-refractivity contribution in [1.29, 1.82) is 0 Å². The lowest BCUT2D eigenvalue weighted by molar-refractivity contribution is -0.133. The smallest absolute Gasteiger partial charge is 0.408 e. The molecule has 0 atom stereocenters. The van der Waals surface area contributed by atoms with Gasteiger partial charge in [-0.15, -0.1) is 0 Å². The number of likely N-dealkylation sites (N-methyl/N-ethyl adjacent to an activating group) is 1. The second-order valence-electron chi connectivity index (χ2n) is 6.55. The van der Waals surface area contributed by atoms with Crippen molar-refractivity contribution in [1.82, 2.24) is 9.47 Å². The molecule has 0 fully saturated rings. The first kappa shape index (κ1) is 19.7. The van der Waals surface area contributed by atoms with E-state index in [1.165, 1.54) is 9.47 Å². The number of fused-ring (bicyclic) bond motifs is 1. The number of anilines is 1. The van der Waals surface area contributed by atoms with Crippen molar-refractivity contribution in [3.8, 4) is 0 Å². The summed E-state index contributed by atoms with van der Waals surface area (Å²) in [6.45, 7) is 2.03. The van der Waals surface area contributed by atoms with Gasteiger partial charge in [0.15, 0.2) is 5.58 Å². The van der Waals surface area contributed by atoms with Crippen LogP contribution in [0.15, 0.2) is 51.7 Å². The lowest BCUT2D eigenvalue weighted by Crippen LogP contribution is -2.35. The second-order valence-corrected chi connectivity index (χ2v) is 6.98. The van der Waals surface area contributed by atoms with Crippen molar-refractivity contribution in [2.45, 2.75) is 19.9 Å². The van der Waals surface area contributed by atoms with Crippen LogP contribution in [0.5, 0.6) is 0 Å². The van der Waals surface area contributed by atoms with Gasteiger partial charge in [-0.05, 0) is 31.2 Å². The molecule has 0 aliphatic rings. The normalized spacial score (nSPS) is 10.8. The Morgan fingerprint density at radius 2 is 1.89 bits per heavy atom. The Labute approximate surface area is 166 Å². The number of oxazole rings is 1. The number of aromatic nitrogens is 1. The summed E-state index contributed by atoms with van der Waals surface area (Å²) < 4.78 is 6.52. The zero-order valence-electron chi connectivity index (χ0n) is 15.6. The predicted octanol–water partition coefficient (Wildman–Crippen LogP) is 3.04. The summed E-state index contributed by atoms with van der Waals surface area (Å²) in [5, 5.41) is 3.21. The van der Waals surface area contributed by atoms with E-state index in [0.29, 0.717) is 21.8 Å². The number of nitrogens with zero attached hydrogens (tertiary/aromatic N) is 2. The molecule has 0 radical (unpaired) electrons. The van der Waals surface area contributed by atoms with Crippen molar-refractivity contribution in [3.05, 3.63) is 63.6 Å². The minimum Gasteiger partial charge on any atom is -0.408 e. The summed E-state index contributed by atoms with van der Waals surface area (Å²) in [4.78, 5) is 37.8. The third-order valence-electron chi connectivity index (χ3n) is 4.32. The third-order valence-corrected chi connectivity index (χ3v) is 4.56. The van der Waals surface area contributed by atoms with Gasteiger partial charge in [-0.2, -0.15) is 0 Å². The summed E-state index contributed by atoms with van der Waals surface area (Å²) in [5.41, 5.74) is 2.71. The van der Waals surface area contributed by atoms with Crippen LogP contribution in [0.4, 0.5) is 5.69 Å². The Bertz CT molecular complexity index is 1070. The average molecular weight is 402 g/mol. The molecule has 3 aromatic rings. The van der Waals surface area contributed by atoms with E-state index in [-0.39, 0.29) is 31.3 Å². The highest BCUT2D eigenvalue weighted by atomic mass is 35.5. The van der Waals surface area contributed by atoms with Gasteiger partial charge in [0.05, 0.1) is 12.1 Å². The van der Waals surface area contributed by atoms with E-state index < -0.39 is 5.76 Å². The largest absolute Gasteiger partial charge is 0.419 e. The molecule has 7 nitrogen and oxygen atoms in total. The number of hydrogen-bond donors (Lipinski definition) is 1. The Hall–Kier alpha value is -3.06. The lowest BCUT2D eigenvalue weighted by atomic mass is 10.2. The van der Waals surface area contributed by atoms with Gasteiger partial charge in [0.1, 0.15) is 0 Å². The molecule has 0 aliphatic heterocycles. The molecule has 1 aromatic heterocycles.